The van der Waals surface area contributed by atoms with E-state index in [2.05, 4.69) is 5.32 Å². The lowest BCUT2D eigenvalue weighted by Gasteiger charge is -2.26. The molecule has 33 heavy (non-hydrogen) atoms. The first kappa shape index (κ1) is 22.4. The summed E-state index contributed by atoms with van der Waals surface area (Å²) in [6.07, 6.45) is 1.11. The lowest BCUT2D eigenvalue weighted by molar-refractivity contribution is -0.122. The van der Waals surface area contributed by atoms with Crippen LogP contribution in [0.1, 0.15) is 19.1 Å². The van der Waals surface area contributed by atoms with Crippen molar-refractivity contribution >= 4 is 39.1 Å². The number of carbonyl (C=O) groups excluding carboxylic acids is 3. The number of carbonyl (C=O) groups is 3. The SMILES string of the molecule is CC(=O)Nc1ccc(S(=O)(=O)N(Cc2ccco2)C2CC(=O)N(c3ccccc3)C2=O)cc1. The van der Waals surface area contributed by atoms with Crippen molar-refractivity contribution < 1.29 is 27.2 Å². The van der Waals surface area contributed by atoms with Gasteiger partial charge in [0.05, 0.1) is 29.8 Å². The molecule has 1 N–H and O–H groups in total. The van der Waals surface area contributed by atoms with Gasteiger partial charge in [-0.2, -0.15) is 4.31 Å². The van der Waals surface area contributed by atoms with Gasteiger partial charge in [0, 0.05) is 12.6 Å². The van der Waals surface area contributed by atoms with Gasteiger partial charge in [-0.15, -0.1) is 0 Å². The molecule has 1 aliphatic heterocycles. The molecule has 2 heterocycles. The highest BCUT2D eigenvalue weighted by atomic mass is 32.2. The molecule has 0 spiro atoms. The minimum absolute atomic E-state index is 0.0819. The van der Waals surface area contributed by atoms with E-state index >= 15 is 0 Å². The number of benzene rings is 2. The molecule has 1 aliphatic rings. The Bertz CT molecular complexity index is 1270. The van der Waals surface area contributed by atoms with Gasteiger partial charge in [0.15, 0.2) is 0 Å². The molecule has 9 nitrogen and oxygen atoms in total. The second-order valence-corrected chi connectivity index (χ2v) is 9.35. The van der Waals surface area contributed by atoms with Gasteiger partial charge in [0.2, 0.25) is 21.8 Å². The van der Waals surface area contributed by atoms with Gasteiger partial charge in [-0.05, 0) is 48.5 Å². The van der Waals surface area contributed by atoms with Crippen LogP contribution in [0.15, 0.2) is 82.3 Å². The third-order valence-electron chi connectivity index (χ3n) is 5.16. The number of rotatable bonds is 7. The first-order valence-electron chi connectivity index (χ1n) is 10.1. The normalized spacial score (nSPS) is 16.4. The molecule has 0 aliphatic carbocycles. The smallest absolute Gasteiger partial charge is 0.252 e. The van der Waals surface area contributed by atoms with Gasteiger partial charge in [-0.3, -0.25) is 14.4 Å². The molecule has 0 radical (unpaired) electrons. The highest BCUT2D eigenvalue weighted by Gasteiger charge is 2.47. The van der Waals surface area contributed by atoms with Gasteiger partial charge in [-0.25, -0.2) is 13.3 Å². The highest BCUT2D eigenvalue weighted by molar-refractivity contribution is 7.89. The van der Waals surface area contributed by atoms with Crippen molar-refractivity contribution in [2.75, 3.05) is 10.2 Å². The molecule has 1 unspecified atom stereocenters. The maximum atomic E-state index is 13.6. The Morgan fingerprint density at radius 3 is 2.36 bits per heavy atom. The van der Waals surface area contributed by atoms with Crippen LogP contribution in [-0.2, 0) is 31.0 Å². The van der Waals surface area contributed by atoms with Crippen molar-refractivity contribution in [3.05, 3.63) is 78.8 Å². The summed E-state index contributed by atoms with van der Waals surface area (Å²) in [6, 6.07) is 15.9. The second kappa shape index (κ2) is 9.00. The third kappa shape index (κ3) is 4.57. The summed E-state index contributed by atoms with van der Waals surface area (Å²) in [6.45, 7) is 1.12. The van der Waals surface area contributed by atoms with Gasteiger partial charge in [0.25, 0.3) is 5.91 Å². The van der Waals surface area contributed by atoms with Gasteiger partial charge < -0.3 is 9.73 Å². The van der Waals surface area contributed by atoms with Gasteiger partial charge in [0.1, 0.15) is 11.8 Å². The molecule has 1 atom stereocenters. The van der Waals surface area contributed by atoms with E-state index < -0.39 is 27.9 Å². The molecule has 2 aromatic carbocycles. The van der Waals surface area contributed by atoms with E-state index in [1.807, 2.05) is 0 Å². The third-order valence-corrected chi connectivity index (χ3v) is 7.03. The van der Waals surface area contributed by atoms with Crippen molar-refractivity contribution in [1.29, 1.82) is 0 Å². The molecule has 170 valence electrons. The maximum absolute atomic E-state index is 13.6. The summed E-state index contributed by atoms with van der Waals surface area (Å²) in [4.78, 5) is 38.2. The summed E-state index contributed by atoms with van der Waals surface area (Å²) in [7, 11) is -4.21. The minimum Gasteiger partial charge on any atom is -0.468 e. The van der Waals surface area contributed by atoms with Crippen LogP contribution >= 0.6 is 0 Å². The minimum atomic E-state index is -4.21. The Labute approximate surface area is 190 Å². The Morgan fingerprint density at radius 2 is 1.76 bits per heavy atom. The number of sulfonamides is 1. The Kier molecular flexibility index (Phi) is 6.12. The van der Waals surface area contributed by atoms with Gasteiger partial charge in [-0.1, -0.05) is 18.2 Å². The molecule has 0 bridgehead atoms. The summed E-state index contributed by atoms with van der Waals surface area (Å²) in [5.74, 6) is -1.08. The molecule has 4 rings (SSSR count). The number of anilines is 2. The molecule has 0 saturated carbocycles. The molecule has 1 fully saturated rings. The number of hydrogen-bond acceptors (Lipinski definition) is 6. The zero-order valence-corrected chi connectivity index (χ0v) is 18.5. The van der Waals surface area contributed by atoms with Crippen LogP contribution in [0.25, 0.3) is 0 Å². The maximum Gasteiger partial charge on any atom is 0.252 e. The van der Waals surface area contributed by atoms with E-state index in [-0.39, 0.29) is 23.8 Å². The summed E-state index contributed by atoms with van der Waals surface area (Å²) < 4.78 is 33.5. The quantitative estimate of drug-likeness (QED) is 0.534. The fourth-order valence-electron chi connectivity index (χ4n) is 3.66. The van der Waals surface area contributed by atoms with Crippen LogP contribution in [0.3, 0.4) is 0 Å². The predicted molar refractivity (Wildman–Crippen MR) is 120 cm³/mol. The fraction of sp³-hybridized carbons (Fsp3) is 0.174. The highest BCUT2D eigenvalue weighted by Crippen LogP contribution is 2.31. The number of nitrogens with zero attached hydrogens (tertiary/aromatic N) is 2. The van der Waals surface area contributed by atoms with Crippen LogP contribution in [0.2, 0.25) is 0 Å². The number of para-hydroxylation sites is 1. The number of hydrogen-bond donors (Lipinski definition) is 1. The Hall–Kier alpha value is -3.76. The first-order valence-corrected chi connectivity index (χ1v) is 11.5. The summed E-state index contributed by atoms with van der Waals surface area (Å²) in [5.41, 5.74) is 0.811. The zero-order valence-electron chi connectivity index (χ0n) is 17.7. The van der Waals surface area contributed by atoms with Crippen LogP contribution in [0.4, 0.5) is 11.4 Å². The van der Waals surface area contributed by atoms with E-state index in [9.17, 15) is 22.8 Å². The van der Waals surface area contributed by atoms with E-state index in [0.717, 1.165) is 9.21 Å². The van der Waals surface area contributed by atoms with E-state index in [4.69, 9.17) is 4.42 Å². The molecular formula is C23H21N3O6S. The number of furan rings is 1. The molecule has 3 amide bonds. The number of imide groups is 1. The van der Waals surface area contributed by atoms with E-state index in [0.29, 0.717) is 17.1 Å². The van der Waals surface area contributed by atoms with Crippen molar-refractivity contribution in [2.45, 2.75) is 30.8 Å². The van der Waals surface area contributed by atoms with Crippen molar-refractivity contribution in [3.63, 3.8) is 0 Å². The Balaban J connectivity index is 1.70. The average molecular weight is 468 g/mol. The average Bonchev–Trinajstić information content (AvgIpc) is 3.40. The van der Waals surface area contributed by atoms with Crippen molar-refractivity contribution in [1.82, 2.24) is 4.31 Å². The molecule has 1 aromatic heterocycles. The van der Waals surface area contributed by atoms with Crippen LogP contribution in [0.5, 0.6) is 0 Å². The molecule has 3 aromatic rings. The van der Waals surface area contributed by atoms with Crippen molar-refractivity contribution in [3.8, 4) is 0 Å². The number of nitrogens with one attached hydrogen (secondary N) is 1. The standard InChI is InChI=1S/C23H21N3O6S/c1-16(27)24-17-9-11-20(12-10-17)33(30,31)25(15-19-8-5-13-32-19)21-14-22(28)26(23(21)29)18-6-3-2-4-7-18/h2-13,21H,14-15H2,1H3,(H,24,27). The van der Waals surface area contributed by atoms with Crippen LogP contribution in [0, 0.1) is 0 Å². The topological polar surface area (TPSA) is 117 Å². The molecule has 10 heteroatoms. The summed E-state index contributed by atoms with van der Waals surface area (Å²) >= 11 is 0. The van der Waals surface area contributed by atoms with Crippen LogP contribution in [-0.4, -0.2) is 36.5 Å². The fourth-order valence-corrected chi connectivity index (χ4v) is 5.20. The number of amides is 3. The van der Waals surface area contributed by atoms with Crippen LogP contribution < -0.4 is 10.2 Å². The Morgan fingerprint density at radius 1 is 1.06 bits per heavy atom. The lowest BCUT2D eigenvalue weighted by atomic mass is 10.2. The lowest BCUT2D eigenvalue weighted by Crippen LogP contribution is -2.45. The molecule has 1 saturated heterocycles. The van der Waals surface area contributed by atoms with E-state index in [1.165, 1.54) is 37.5 Å². The first-order chi connectivity index (χ1) is 15.8. The predicted octanol–water partition coefficient (Wildman–Crippen LogP) is 2.76. The van der Waals surface area contributed by atoms with Crippen molar-refractivity contribution in [2.24, 2.45) is 0 Å². The zero-order chi connectivity index (χ0) is 23.6. The monoisotopic (exact) mass is 467 g/mol. The summed E-state index contributed by atoms with van der Waals surface area (Å²) in [5, 5.41) is 2.57. The second-order valence-electron chi connectivity index (χ2n) is 7.46. The molecular weight excluding hydrogens is 446 g/mol. The largest absolute Gasteiger partial charge is 0.468 e. The van der Waals surface area contributed by atoms with E-state index in [1.54, 1.807) is 42.5 Å². The van der Waals surface area contributed by atoms with Gasteiger partial charge >= 0.3 is 0 Å².